The van der Waals surface area contributed by atoms with Crippen LogP contribution in [0.1, 0.15) is 19.8 Å². The van der Waals surface area contributed by atoms with Crippen molar-refractivity contribution in [2.75, 3.05) is 13.6 Å². The molecule has 0 aromatic rings. The third-order valence-corrected chi connectivity index (χ3v) is 1.12. The van der Waals surface area contributed by atoms with Gasteiger partial charge in [0.1, 0.15) is 0 Å². The average Bonchev–Trinajstić information content (AvgIpc) is 1.98. The van der Waals surface area contributed by atoms with Crippen LogP contribution in [0.25, 0.3) is 0 Å². The molecule has 0 unspecified atom stereocenters. The molecule has 0 aliphatic rings. The summed E-state index contributed by atoms with van der Waals surface area (Å²) >= 11 is 0. The van der Waals surface area contributed by atoms with E-state index in [1.807, 2.05) is 0 Å². The highest BCUT2D eigenvalue weighted by atomic mass is 15.4. The number of hydrogen-bond donors (Lipinski definition) is 4. The van der Waals surface area contributed by atoms with Crippen LogP contribution in [0.3, 0.4) is 0 Å². The Balaban J connectivity index is 2.96. The molecule has 0 spiro atoms. The average molecular weight is 144 g/mol. The monoisotopic (exact) mass is 144 g/mol. The molecule has 0 bridgehead atoms. The van der Waals surface area contributed by atoms with Crippen LogP contribution in [-0.2, 0) is 0 Å². The highest BCUT2D eigenvalue weighted by molar-refractivity contribution is 5.75. The van der Waals surface area contributed by atoms with Crippen molar-refractivity contribution in [3.8, 4) is 0 Å². The van der Waals surface area contributed by atoms with Gasteiger partial charge in [0.15, 0.2) is 0 Å². The summed E-state index contributed by atoms with van der Waals surface area (Å²) in [7, 11) is 1.71. The first kappa shape index (κ1) is 9.23. The predicted molar refractivity (Wildman–Crippen MR) is 42.8 cm³/mol. The first-order valence-electron chi connectivity index (χ1n) is 3.56. The Bertz CT molecular complexity index is 91.7. The van der Waals surface area contributed by atoms with E-state index in [2.05, 4.69) is 23.1 Å². The molecule has 4 heteroatoms. The van der Waals surface area contributed by atoms with Gasteiger partial charge in [0, 0.05) is 13.6 Å². The molecule has 10 heavy (non-hydrogen) atoms. The SMILES string of the molecule is CCCCNNC(=N)NC. The largest absolute Gasteiger partial charge is 0.359 e. The van der Waals surface area contributed by atoms with Gasteiger partial charge in [-0.15, -0.1) is 0 Å². The van der Waals surface area contributed by atoms with Crippen LogP contribution in [0.15, 0.2) is 0 Å². The summed E-state index contributed by atoms with van der Waals surface area (Å²) in [5.74, 6) is 0.302. The van der Waals surface area contributed by atoms with E-state index in [-0.39, 0.29) is 0 Å². The molecule has 60 valence electrons. The molecule has 0 amide bonds. The van der Waals surface area contributed by atoms with Gasteiger partial charge < -0.3 is 5.32 Å². The normalized spacial score (nSPS) is 9.00. The van der Waals surface area contributed by atoms with Crippen molar-refractivity contribution in [2.24, 2.45) is 0 Å². The van der Waals surface area contributed by atoms with Crippen molar-refractivity contribution in [3.05, 3.63) is 0 Å². The molecular weight excluding hydrogens is 128 g/mol. The lowest BCUT2D eigenvalue weighted by molar-refractivity contribution is 0.602. The zero-order valence-corrected chi connectivity index (χ0v) is 6.62. The van der Waals surface area contributed by atoms with Crippen LogP contribution >= 0.6 is 0 Å². The lowest BCUT2D eigenvalue weighted by Gasteiger charge is -2.06. The van der Waals surface area contributed by atoms with Crippen molar-refractivity contribution in [1.82, 2.24) is 16.2 Å². The molecule has 0 radical (unpaired) electrons. The second-order valence-electron chi connectivity index (χ2n) is 2.03. The minimum Gasteiger partial charge on any atom is -0.359 e. The predicted octanol–water partition coefficient (Wildman–Crippen LogP) is 0.0349. The Kier molecular flexibility index (Phi) is 5.86. The van der Waals surface area contributed by atoms with Crippen LogP contribution in [-0.4, -0.2) is 19.6 Å². The number of hydrazine groups is 1. The summed E-state index contributed by atoms with van der Waals surface area (Å²) in [6.07, 6.45) is 2.30. The lowest BCUT2D eigenvalue weighted by Crippen LogP contribution is -2.43. The number of nitrogens with one attached hydrogen (secondary N) is 4. The van der Waals surface area contributed by atoms with Crippen LogP contribution in [0.4, 0.5) is 0 Å². The molecule has 0 heterocycles. The third kappa shape index (κ3) is 5.37. The first-order chi connectivity index (χ1) is 4.81. The summed E-state index contributed by atoms with van der Waals surface area (Å²) in [6, 6.07) is 0. The zero-order chi connectivity index (χ0) is 7.82. The van der Waals surface area contributed by atoms with Crippen LogP contribution < -0.4 is 16.2 Å². The lowest BCUT2D eigenvalue weighted by atomic mass is 10.3. The summed E-state index contributed by atoms with van der Waals surface area (Å²) < 4.78 is 0. The minimum absolute atomic E-state index is 0.302. The quantitative estimate of drug-likeness (QED) is 0.195. The Hall–Kier alpha value is -0.770. The van der Waals surface area contributed by atoms with E-state index in [1.165, 1.54) is 6.42 Å². The minimum atomic E-state index is 0.302. The number of hydrogen-bond acceptors (Lipinski definition) is 2. The molecule has 0 saturated carbocycles. The van der Waals surface area contributed by atoms with Gasteiger partial charge in [0.05, 0.1) is 0 Å². The smallest absolute Gasteiger partial charge is 0.202 e. The van der Waals surface area contributed by atoms with Gasteiger partial charge in [-0.1, -0.05) is 13.3 Å². The molecule has 0 aromatic heterocycles. The standard InChI is InChI=1S/C6H16N4/c1-3-4-5-9-10-6(7)8-2/h9H,3-5H2,1-2H3,(H3,7,8,10). The zero-order valence-electron chi connectivity index (χ0n) is 6.62. The van der Waals surface area contributed by atoms with Gasteiger partial charge >= 0.3 is 0 Å². The molecule has 0 aromatic carbocycles. The van der Waals surface area contributed by atoms with Crippen molar-refractivity contribution >= 4 is 5.96 Å². The Morgan fingerprint density at radius 2 is 2.20 bits per heavy atom. The molecule has 0 fully saturated rings. The fourth-order valence-corrected chi connectivity index (χ4v) is 0.479. The molecular formula is C6H16N4. The summed E-state index contributed by atoms with van der Waals surface area (Å²) in [6.45, 7) is 3.03. The van der Waals surface area contributed by atoms with Gasteiger partial charge in [-0.25, -0.2) is 5.43 Å². The van der Waals surface area contributed by atoms with E-state index in [0.717, 1.165) is 13.0 Å². The second-order valence-corrected chi connectivity index (χ2v) is 2.03. The summed E-state index contributed by atoms with van der Waals surface area (Å²) in [5.41, 5.74) is 5.59. The van der Waals surface area contributed by atoms with Crippen LogP contribution in [0, 0.1) is 5.41 Å². The van der Waals surface area contributed by atoms with E-state index in [4.69, 9.17) is 5.41 Å². The molecule has 0 atom stereocenters. The van der Waals surface area contributed by atoms with Crippen molar-refractivity contribution in [1.29, 1.82) is 5.41 Å². The maximum absolute atomic E-state index is 7.09. The van der Waals surface area contributed by atoms with Crippen LogP contribution in [0.5, 0.6) is 0 Å². The maximum Gasteiger partial charge on any atom is 0.202 e. The fraction of sp³-hybridized carbons (Fsp3) is 0.833. The molecule has 4 nitrogen and oxygen atoms in total. The third-order valence-electron chi connectivity index (χ3n) is 1.12. The number of unbranched alkanes of at least 4 members (excludes halogenated alkanes) is 1. The molecule has 0 saturated heterocycles. The number of rotatable bonds is 4. The molecule has 0 aliphatic heterocycles. The second kappa shape index (κ2) is 6.35. The maximum atomic E-state index is 7.09. The summed E-state index contributed by atoms with van der Waals surface area (Å²) in [5, 5.41) is 9.74. The highest BCUT2D eigenvalue weighted by Crippen LogP contribution is 1.79. The van der Waals surface area contributed by atoms with Gasteiger partial charge in [0.2, 0.25) is 5.96 Å². The highest BCUT2D eigenvalue weighted by Gasteiger charge is 1.86. The van der Waals surface area contributed by atoms with Crippen LogP contribution in [0.2, 0.25) is 0 Å². The van der Waals surface area contributed by atoms with E-state index >= 15 is 0 Å². The Morgan fingerprint density at radius 3 is 2.70 bits per heavy atom. The fourth-order valence-electron chi connectivity index (χ4n) is 0.479. The van der Waals surface area contributed by atoms with Gasteiger partial charge in [-0.05, 0) is 6.42 Å². The van der Waals surface area contributed by atoms with E-state index < -0.39 is 0 Å². The summed E-state index contributed by atoms with van der Waals surface area (Å²) in [4.78, 5) is 0. The molecule has 0 aliphatic carbocycles. The van der Waals surface area contributed by atoms with E-state index in [9.17, 15) is 0 Å². The number of guanidine groups is 1. The molecule has 0 rings (SSSR count). The Morgan fingerprint density at radius 1 is 1.50 bits per heavy atom. The van der Waals surface area contributed by atoms with Crippen molar-refractivity contribution in [3.63, 3.8) is 0 Å². The molecule has 4 N–H and O–H groups in total. The van der Waals surface area contributed by atoms with Crippen molar-refractivity contribution < 1.29 is 0 Å². The van der Waals surface area contributed by atoms with Gasteiger partial charge in [-0.3, -0.25) is 10.8 Å². The topological polar surface area (TPSA) is 59.9 Å². The van der Waals surface area contributed by atoms with Gasteiger partial charge in [0.25, 0.3) is 0 Å². The van der Waals surface area contributed by atoms with E-state index in [1.54, 1.807) is 7.05 Å². The van der Waals surface area contributed by atoms with E-state index in [0.29, 0.717) is 5.96 Å². The van der Waals surface area contributed by atoms with Crippen molar-refractivity contribution in [2.45, 2.75) is 19.8 Å². The Labute approximate surface area is 61.9 Å². The first-order valence-corrected chi connectivity index (χ1v) is 3.56. The van der Waals surface area contributed by atoms with Gasteiger partial charge in [-0.2, -0.15) is 0 Å².